The number of benzene rings is 2. The second-order valence-electron chi connectivity index (χ2n) is 10.6. The molecule has 4 atom stereocenters. The average molecular weight is 674 g/mol. The molecule has 11 heteroatoms. The van der Waals surface area contributed by atoms with E-state index in [9.17, 15) is 24.8 Å². The van der Waals surface area contributed by atoms with Crippen LogP contribution in [0.1, 0.15) is 31.7 Å². The van der Waals surface area contributed by atoms with Crippen LogP contribution in [-0.4, -0.2) is 55.4 Å². The molecule has 0 radical (unpaired) electrons. The second kappa shape index (κ2) is 11.9. The number of allylic oxidation sites excluding steroid dienone is 1. The molecule has 2 fully saturated rings. The molecule has 0 aromatic heterocycles. The predicted molar refractivity (Wildman–Crippen MR) is 160 cm³/mol. The van der Waals surface area contributed by atoms with Crippen LogP contribution in [0.4, 0.5) is 11.4 Å². The number of rotatable bonds is 9. The first-order chi connectivity index (χ1) is 19.6. The van der Waals surface area contributed by atoms with Crippen molar-refractivity contribution in [3.8, 4) is 11.5 Å². The van der Waals surface area contributed by atoms with E-state index >= 15 is 0 Å². The van der Waals surface area contributed by atoms with E-state index in [4.69, 9.17) is 14.2 Å². The summed E-state index contributed by atoms with van der Waals surface area (Å²) in [6.45, 7) is 2.70. The number of carbonyl (C=O) groups excluding carboxylic acids is 2. The number of methoxy groups -OCH3 is 2. The van der Waals surface area contributed by atoms with Gasteiger partial charge in [-0.3, -0.25) is 19.7 Å². The number of carbonyl (C=O) groups is 2. The van der Waals surface area contributed by atoms with E-state index in [2.05, 4.69) is 22.6 Å². The molecular formula is C30H31IN2O8. The summed E-state index contributed by atoms with van der Waals surface area (Å²) in [4.78, 5) is 39.1. The van der Waals surface area contributed by atoms with E-state index in [1.54, 1.807) is 19.2 Å². The highest BCUT2D eigenvalue weighted by molar-refractivity contribution is 14.1. The number of phenolic OH excluding ortho intramolecular Hbond substituents is 1. The number of ether oxygens (including phenoxy) is 3. The van der Waals surface area contributed by atoms with Crippen LogP contribution in [0.25, 0.3) is 6.08 Å². The Morgan fingerprint density at radius 1 is 1.22 bits per heavy atom. The van der Waals surface area contributed by atoms with Crippen molar-refractivity contribution in [3.63, 3.8) is 0 Å². The summed E-state index contributed by atoms with van der Waals surface area (Å²) < 4.78 is 17.7. The first-order valence-electron chi connectivity index (χ1n) is 13.3. The number of hydrogen-bond donors (Lipinski definition) is 1. The molecule has 0 bridgehead atoms. The molecule has 2 saturated heterocycles. The van der Waals surface area contributed by atoms with Crippen LogP contribution in [0.5, 0.6) is 11.5 Å². The third-order valence-electron chi connectivity index (χ3n) is 8.11. The highest BCUT2D eigenvalue weighted by Crippen LogP contribution is 2.50. The highest BCUT2D eigenvalue weighted by Gasteiger charge is 2.57. The fraction of sp³-hybridized carbons (Fsp3) is 0.400. The Labute approximate surface area is 251 Å². The largest absolute Gasteiger partial charge is 0.504 e. The Kier molecular flexibility index (Phi) is 8.48. The van der Waals surface area contributed by atoms with Gasteiger partial charge in [-0.15, -0.1) is 0 Å². The van der Waals surface area contributed by atoms with Gasteiger partial charge < -0.3 is 19.3 Å². The number of non-ortho nitro benzene ring substituents is 1. The van der Waals surface area contributed by atoms with Gasteiger partial charge in [0.2, 0.25) is 11.8 Å². The van der Waals surface area contributed by atoms with Crippen LogP contribution in [0, 0.1) is 31.4 Å². The number of nitrogens with zero attached hydrogens (tertiary/aromatic N) is 2. The zero-order valence-electron chi connectivity index (χ0n) is 23.0. The monoisotopic (exact) mass is 674 g/mol. The number of phenols is 1. The SMILES string of the molecule is COCC1=C2[C@@H](CC/C(C)=C/c3cc(I)c(O)c(OC)c3)OC[C@@H]2[C@@H]2C(=O)N(c3cccc([N+](=O)[O-])c3)C(=O)[C@@H]2C1. The number of aromatic hydroxyl groups is 1. The lowest BCUT2D eigenvalue weighted by Crippen LogP contribution is -2.35. The van der Waals surface area contributed by atoms with E-state index in [1.165, 1.54) is 25.3 Å². The molecule has 3 aliphatic rings. The van der Waals surface area contributed by atoms with Crippen LogP contribution in [0.3, 0.4) is 0 Å². The molecule has 41 heavy (non-hydrogen) atoms. The number of amides is 2. The van der Waals surface area contributed by atoms with Crippen molar-refractivity contribution in [3.05, 3.63) is 72.4 Å². The topological polar surface area (TPSA) is 128 Å². The number of hydrogen-bond acceptors (Lipinski definition) is 8. The summed E-state index contributed by atoms with van der Waals surface area (Å²) >= 11 is 2.07. The summed E-state index contributed by atoms with van der Waals surface area (Å²) in [7, 11) is 3.13. The standard InChI is InChI=1S/C30H31IN2O8/c1-16(9-17-10-23(31)28(34)25(11-17)40-3)7-8-24-26-18(14-39-2)12-21-27(22(26)15-41-24)30(36)32(29(21)35)19-5-4-6-20(13-19)33(37)38/h4-6,9-11,13,21-22,24,27,34H,7-8,12,14-15H2,1-3H3/b16-9+/t21-,22+,24-,27-/m1/s1. The molecule has 2 aromatic carbocycles. The van der Waals surface area contributed by atoms with Gasteiger partial charge in [-0.25, -0.2) is 4.90 Å². The van der Waals surface area contributed by atoms with Gasteiger partial charge in [-0.1, -0.05) is 17.7 Å². The molecule has 216 valence electrons. The van der Waals surface area contributed by atoms with Gasteiger partial charge in [0, 0.05) is 25.2 Å². The molecule has 2 aliphatic heterocycles. The van der Waals surface area contributed by atoms with Gasteiger partial charge >= 0.3 is 0 Å². The maximum Gasteiger partial charge on any atom is 0.271 e. The first-order valence-corrected chi connectivity index (χ1v) is 14.4. The van der Waals surface area contributed by atoms with Crippen LogP contribution in [0.15, 0.2) is 53.1 Å². The molecule has 2 heterocycles. The fourth-order valence-electron chi connectivity index (χ4n) is 6.33. The summed E-state index contributed by atoms with van der Waals surface area (Å²) in [6.07, 6.45) is 3.66. The number of nitro benzene ring substituents is 1. The van der Waals surface area contributed by atoms with Crippen LogP contribution in [-0.2, 0) is 19.1 Å². The molecule has 10 nitrogen and oxygen atoms in total. The lowest BCUT2D eigenvalue weighted by molar-refractivity contribution is -0.384. The number of anilines is 1. The lowest BCUT2D eigenvalue weighted by Gasteiger charge is -2.31. The van der Waals surface area contributed by atoms with Crippen molar-refractivity contribution in [1.29, 1.82) is 0 Å². The van der Waals surface area contributed by atoms with E-state index in [1.807, 2.05) is 19.1 Å². The van der Waals surface area contributed by atoms with Gasteiger partial charge in [0.1, 0.15) is 0 Å². The van der Waals surface area contributed by atoms with Crippen molar-refractivity contribution < 1.29 is 33.8 Å². The van der Waals surface area contributed by atoms with Crippen LogP contribution < -0.4 is 9.64 Å². The third-order valence-corrected chi connectivity index (χ3v) is 8.93. The van der Waals surface area contributed by atoms with E-state index in [-0.39, 0.29) is 41.0 Å². The number of imide groups is 1. The molecule has 1 aliphatic carbocycles. The Morgan fingerprint density at radius 3 is 2.71 bits per heavy atom. The molecule has 0 spiro atoms. The van der Waals surface area contributed by atoms with Crippen molar-refractivity contribution >= 4 is 51.9 Å². The van der Waals surface area contributed by atoms with E-state index in [0.717, 1.165) is 33.6 Å². The lowest BCUT2D eigenvalue weighted by atomic mass is 9.69. The molecule has 1 N–H and O–H groups in total. The average Bonchev–Trinajstić information content (AvgIpc) is 3.48. The first kappa shape index (κ1) is 29.2. The van der Waals surface area contributed by atoms with Gasteiger partial charge in [0.15, 0.2) is 11.5 Å². The van der Waals surface area contributed by atoms with Gasteiger partial charge in [0.25, 0.3) is 5.69 Å². The van der Waals surface area contributed by atoms with Crippen molar-refractivity contribution in [2.24, 2.45) is 17.8 Å². The quantitative estimate of drug-likeness (QED) is 0.125. The molecule has 5 rings (SSSR count). The summed E-state index contributed by atoms with van der Waals surface area (Å²) in [6, 6.07) is 9.32. The minimum absolute atomic E-state index is 0.116. The molecule has 0 saturated carbocycles. The minimum Gasteiger partial charge on any atom is -0.504 e. The predicted octanol–water partition coefficient (Wildman–Crippen LogP) is 5.26. The normalized spacial score (nSPS) is 24.1. The molecule has 0 unspecified atom stereocenters. The van der Waals surface area contributed by atoms with Gasteiger partial charge in [-0.05, 0) is 83.7 Å². The number of nitro groups is 1. The molecule has 2 amide bonds. The zero-order chi connectivity index (χ0) is 29.4. The fourth-order valence-corrected chi connectivity index (χ4v) is 6.95. The van der Waals surface area contributed by atoms with Crippen molar-refractivity contribution in [2.45, 2.75) is 32.3 Å². The zero-order valence-corrected chi connectivity index (χ0v) is 25.1. The van der Waals surface area contributed by atoms with Crippen molar-refractivity contribution in [1.82, 2.24) is 0 Å². The third kappa shape index (κ3) is 5.50. The summed E-state index contributed by atoms with van der Waals surface area (Å²) in [5, 5.41) is 21.4. The molecular weight excluding hydrogens is 643 g/mol. The number of halogens is 1. The van der Waals surface area contributed by atoms with Crippen molar-refractivity contribution in [2.75, 3.05) is 32.3 Å². The van der Waals surface area contributed by atoms with Crippen LogP contribution >= 0.6 is 22.6 Å². The summed E-state index contributed by atoms with van der Waals surface area (Å²) in [5.74, 6) is -1.53. The van der Waals surface area contributed by atoms with Crippen LogP contribution in [0.2, 0.25) is 0 Å². The Hall–Kier alpha value is -3.29. The Morgan fingerprint density at radius 2 is 2.00 bits per heavy atom. The smallest absolute Gasteiger partial charge is 0.271 e. The maximum atomic E-state index is 13.7. The maximum absolute atomic E-state index is 13.7. The Bertz CT molecular complexity index is 1470. The van der Waals surface area contributed by atoms with E-state index in [0.29, 0.717) is 35.4 Å². The molecule has 2 aromatic rings. The van der Waals surface area contributed by atoms with Gasteiger partial charge in [0.05, 0.1) is 52.4 Å². The highest BCUT2D eigenvalue weighted by atomic mass is 127. The Balaban J connectivity index is 1.37. The minimum atomic E-state index is -0.578. The summed E-state index contributed by atoms with van der Waals surface area (Å²) in [5.41, 5.74) is 4.11. The van der Waals surface area contributed by atoms with Gasteiger partial charge in [-0.2, -0.15) is 0 Å². The van der Waals surface area contributed by atoms with E-state index < -0.39 is 16.8 Å². The number of fused-ring (bicyclic) bond motifs is 3. The second-order valence-corrected chi connectivity index (χ2v) is 11.8.